The van der Waals surface area contributed by atoms with E-state index in [1.54, 1.807) is 0 Å². The summed E-state index contributed by atoms with van der Waals surface area (Å²) in [4.78, 5) is 12.9. The highest BCUT2D eigenvalue weighted by atomic mass is 28.4. The van der Waals surface area contributed by atoms with Crippen molar-refractivity contribution in [1.82, 2.24) is 5.32 Å². The average Bonchev–Trinajstić information content (AvgIpc) is 2.65. The maximum absolute atomic E-state index is 12.9. The first-order chi connectivity index (χ1) is 14.0. The van der Waals surface area contributed by atoms with E-state index in [0.29, 0.717) is 43.0 Å². The lowest BCUT2D eigenvalue weighted by molar-refractivity contribution is -0.139. The van der Waals surface area contributed by atoms with Gasteiger partial charge in [-0.25, -0.2) is 0 Å². The van der Waals surface area contributed by atoms with Crippen molar-refractivity contribution in [3.63, 3.8) is 0 Å². The molecule has 0 saturated carbocycles. The molecule has 0 rings (SSSR count). The van der Waals surface area contributed by atoms with Crippen LogP contribution in [0.4, 0.5) is 0 Å². The normalized spacial score (nSPS) is 14.0. The van der Waals surface area contributed by atoms with E-state index < -0.39 is 17.1 Å². The van der Waals surface area contributed by atoms with E-state index >= 15 is 0 Å². The summed E-state index contributed by atoms with van der Waals surface area (Å²) in [7, 11) is -4.77. The molecule has 0 fully saturated rings. The third kappa shape index (κ3) is 8.71. The molecule has 0 heterocycles. The standard InChI is InChI=1S/C22H49NO5Si2/c1-11-25-29(26-12-2,27-13-3)16-14-15-23-17-21(10)22(24)28-30(18(4)5,19(6)7)20(8)9/h18-21,23H,11-17H2,1-10H3. The van der Waals surface area contributed by atoms with Crippen LogP contribution < -0.4 is 5.32 Å². The molecule has 0 aromatic carbocycles. The van der Waals surface area contributed by atoms with Crippen LogP contribution in [0.15, 0.2) is 0 Å². The number of carbonyl (C=O) groups is 1. The number of hydrogen-bond donors (Lipinski definition) is 1. The van der Waals surface area contributed by atoms with Gasteiger partial charge in [-0.3, -0.25) is 4.79 Å². The molecule has 1 unspecified atom stereocenters. The van der Waals surface area contributed by atoms with Gasteiger partial charge in [0.1, 0.15) is 0 Å². The summed E-state index contributed by atoms with van der Waals surface area (Å²) in [5.41, 5.74) is 1.20. The minimum atomic E-state index is -2.59. The van der Waals surface area contributed by atoms with Gasteiger partial charge < -0.3 is 23.0 Å². The van der Waals surface area contributed by atoms with Crippen LogP contribution in [0.5, 0.6) is 0 Å². The first kappa shape index (κ1) is 29.7. The maximum atomic E-state index is 12.9. The first-order valence-electron chi connectivity index (χ1n) is 11.9. The summed E-state index contributed by atoms with van der Waals surface area (Å²) in [5.74, 6) is -0.229. The zero-order valence-corrected chi connectivity index (χ0v) is 23.3. The van der Waals surface area contributed by atoms with E-state index in [-0.39, 0.29) is 11.9 Å². The van der Waals surface area contributed by atoms with Crippen molar-refractivity contribution in [3.8, 4) is 0 Å². The van der Waals surface area contributed by atoms with Crippen LogP contribution in [0.25, 0.3) is 0 Å². The van der Waals surface area contributed by atoms with E-state index in [4.69, 9.17) is 17.7 Å². The van der Waals surface area contributed by atoms with E-state index in [1.165, 1.54) is 0 Å². The molecule has 180 valence electrons. The fraction of sp³-hybridized carbons (Fsp3) is 0.955. The van der Waals surface area contributed by atoms with Gasteiger partial charge in [-0.05, 0) is 50.4 Å². The van der Waals surface area contributed by atoms with E-state index in [2.05, 4.69) is 46.9 Å². The van der Waals surface area contributed by atoms with Gasteiger partial charge in [0.15, 0.2) is 0 Å². The predicted octanol–water partition coefficient (Wildman–Crippen LogP) is 5.37. The van der Waals surface area contributed by atoms with Gasteiger partial charge in [0.05, 0.1) is 5.92 Å². The monoisotopic (exact) mass is 463 g/mol. The molecule has 8 heteroatoms. The molecule has 0 aromatic rings. The second-order valence-corrected chi connectivity index (χ2v) is 17.0. The molecule has 0 amide bonds. The van der Waals surface area contributed by atoms with Gasteiger partial charge in [-0.1, -0.05) is 48.5 Å². The Bertz CT molecular complexity index is 436. The van der Waals surface area contributed by atoms with E-state index in [9.17, 15) is 4.79 Å². The summed E-state index contributed by atoms with van der Waals surface area (Å²) in [6.07, 6.45) is 0.886. The Morgan fingerprint density at radius 2 is 1.23 bits per heavy atom. The fourth-order valence-corrected chi connectivity index (χ4v) is 12.3. The zero-order chi connectivity index (χ0) is 23.4. The van der Waals surface area contributed by atoms with Gasteiger partial charge in [-0.2, -0.15) is 0 Å². The van der Waals surface area contributed by atoms with Crippen molar-refractivity contribution in [2.45, 2.75) is 98.3 Å². The molecule has 0 aliphatic rings. The molecule has 0 bridgehead atoms. The second kappa shape index (κ2) is 14.7. The summed E-state index contributed by atoms with van der Waals surface area (Å²) in [6, 6.07) is 0.776. The Labute approximate surface area is 188 Å². The Morgan fingerprint density at radius 1 is 0.800 bits per heavy atom. The Hall–Kier alpha value is -0.256. The third-order valence-electron chi connectivity index (χ3n) is 5.77. The molecular weight excluding hydrogens is 414 g/mol. The van der Waals surface area contributed by atoms with Crippen molar-refractivity contribution in [2.24, 2.45) is 5.92 Å². The van der Waals surface area contributed by atoms with E-state index in [0.717, 1.165) is 19.0 Å². The predicted molar refractivity (Wildman–Crippen MR) is 129 cm³/mol. The van der Waals surface area contributed by atoms with Crippen LogP contribution in [0.2, 0.25) is 22.7 Å². The smallest absolute Gasteiger partial charge is 0.500 e. The van der Waals surface area contributed by atoms with Gasteiger partial charge in [0, 0.05) is 32.4 Å². The molecule has 0 aromatic heterocycles. The topological polar surface area (TPSA) is 66.0 Å². The summed E-state index contributed by atoms with van der Waals surface area (Å²) in [6.45, 7) is 24.3. The molecule has 1 N–H and O–H groups in total. The highest BCUT2D eigenvalue weighted by molar-refractivity contribution is 6.78. The minimum Gasteiger partial charge on any atom is -0.518 e. The van der Waals surface area contributed by atoms with Crippen molar-refractivity contribution < 1.29 is 22.5 Å². The van der Waals surface area contributed by atoms with Gasteiger partial charge in [0.2, 0.25) is 0 Å². The Morgan fingerprint density at radius 3 is 1.60 bits per heavy atom. The first-order valence-corrected chi connectivity index (χ1v) is 15.9. The third-order valence-corrected chi connectivity index (χ3v) is 14.9. The van der Waals surface area contributed by atoms with Crippen LogP contribution in [0.1, 0.15) is 75.7 Å². The summed E-state index contributed by atoms with van der Waals surface area (Å²) >= 11 is 0. The molecule has 0 saturated heterocycles. The highest BCUT2D eigenvalue weighted by Crippen LogP contribution is 2.42. The van der Waals surface area contributed by atoms with Crippen LogP contribution in [-0.4, -0.2) is 56.0 Å². The molecular formula is C22H49NO5Si2. The second-order valence-electron chi connectivity index (χ2n) is 8.93. The summed E-state index contributed by atoms with van der Waals surface area (Å²) < 4.78 is 24.0. The number of nitrogens with one attached hydrogen (secondary N) is 1. The van der Waals surface area contributed by atoms with Crippen LogP contribution in [0, 0.1) is 5.92 Å². The average molecular weight is 464 g/mol. The van der Waals surface area contributed by atoms with Crippen LogP contribution >= 0.6 is 0 Å². The van der Waals surface area contributed by atoms with E-state index in [1.807, 2.05) is 27.7 Å². The van der Waals surface area contributed by atoms with Gasteiger partial charge in [0.25, 0.3) is 14.3 Å². The maximum Gasteiger partial charge on any atom is 0.500 e. The number of carbonyl (C=O) groups excluding carboxylic acids is 1. The SMILES string of the molecule is CCO[Si](CCCNCC(C)C(=O)O[Si](C(C)C)(C(C)C)C(C)C)(OCC)OCC. The van der Waals surface area contributed by atoms with Crippen LogP contribution in [0.3, 0.4) is 0 Å². The lowest BCUT2D eigenvalue weighted by Crippen LogP contribution is -2.50. The lowest BCUT2D eigenvalue weighted by Gasteiger charge is -2.41. The van der Waals surface area contributed by atoms with Crippen LogP contribution in [-0.2, 0) is 22.5 Å². The Balaban J connectivity index is 4.69. The van der Waals surface area contributed by atoms with Crippen molar-refractivity contribution >= 4 is 23.1 Å². The van der Waals surface area contributed by atoms with Crippen molar-refractivity contribution in [1.29, 1.82) is 0 Å². The fourth-order valence-electron chi connectivity index (χ4n) is 4.46. The quantitative estimate of drug-likeness (QED) is 0.231. The summed E-state index contributed by atoms with van der Waals surface area (Å²) in [5, 5.41) is 3.41. The lowest BCUT2D eigenvalue weighted by atomic mass is 10.2. The minimum absolute atomic E-state index is 0.0630. The van der Waals surface area contributed by atoms with Crippen molar-refractivity contribution in [3.05, 3.63) is 0 Å². The molecule has 0 aliphatic carbocycles. The number of hydrogen-bond acceptors (Lipinski definition) is 6. The van der Waals surface area contributed by atoms with Crippen molar-refractivity contribution in [2.75, 3.05) is 32.9 Å². The molecule has 6 nitrogen and oxygen atoms in total. The molecule has 0 aliphatic heterocycles. The van der Waals surface area contributed by atoms with Gasteiger partial charge >= 0.3 is 8.80 Å². The largest absolute Gasteiger partial charge is 0.518 e. The Kier molecular flexibility index (Phi) is 14.6. The molecule has 0 spiro atoms. The molecule has 0 radical (unpaired) electrons. The molecule has 1 atom stereocenters. The highest BCUT2D eigenvalue weighted by Gasteiger charge is 2.48. The number of rotatable bonds is 17. The zero-order valence-electron chi connectivity index (χ0n) is 21.3. The molecule has 30 heavy (non-hydrogen) atoms. The van der Waals surface area contributed by atoms with Gasteiger partial charge in [-0.15, -0.1) is 0 Å².